The number of hydrogen-bond donors (Lipinski definition) is 0. The van der Waals surface area contributed by atoms with Gasteiger partial charge in [-0.05, 0) is 87.4 Å². The Morgan fingerprint density at radius 3 is 1.91 bits per heavy atom. The van der Waals surface area contributed by atoms with Gasteiger partial charge in [0.2, 0.25) is 5.89 Å². The quantitative estimate of drug-likeness (QED) is 0.173. The average Bonchev–Trinajstić information content (AvgIpc) is 3.86. The molecular formula is C51H32N2O2. The first-order valence-electron chi connectivity index (χ1n) is 18.5. The molecule has 0 aliphatic rings. The third-order valence-corrected chi connectivity index (χ3v) is 10.7. The Kier molecular flexibility index (Phi) is 7.14. The minimum atomic E-state index is 0.574. The fourth-order valence-corrected chi connectivity index (χ4v) is 8.15. The van der Waals surface area contributed by atoms with Crippen LogP contribution in [0.4, 0.5) is 17.1 Å². The highest BCUT2D eigenvalue weighted by Gasteiger charge is 2.20. The second kappa shape index (κ2) is 12.6. The first-order chi connectivity index (χ1) is 27.3. The number of oxazole rings is 1. The average molecular weight is 705 g/mol. The molecule has 0 N–H and O–H groups in total. The standard InChI is InChI=1S/C51H32N2O2/c1-3-18-39-33(12-1)14-8-21-40(39)36-16-7-17-38(32-36)53(46-25-9-15-34-13-2-4-19-41(34)46)37-30-28-35(29-31-37)42-22-10-24-45-50(42)55-51(52-45)44-23-11-27-48-49(44)43-20-5-6-26-47(43)54-48/h1-32H. The zero-order valence-electron chi connectivity index (χ0n) is 29.7. The molecule has 0 spiro atoms. The van der Waals surface area contributed by atoms with Crippen molar-refractivity contribution in [2.24, 2.45) is 0 Å². The van der Waals surface area contributed by atoms with Crippen molar-refractivity contribution in [3.05, 3.63) is 194 Å². The van der Waals surface area contributed by atoms with Crippen LogP contribution in [0.5, 0.6) is 0 Å². The summed E-state index contributed by atoms with van der Waals surface area (Å²) in [5, 5.41) is 6.90. The van der Waals surface area contributed by atoms with Crippen LogP contribution in [-0.2, 0) is 0 Å². The number of benzene rings is 9. The van der Waals surface area contributed by atoms with Gasteiger partial charge in [0.05, 0.1) is 5.69 Å². The van der Waals surface area contributed by atoms with Crippen molar-refractivity contribution in [3.63, 3.8) is 0 Å². The van der Waals surface area contributed by atoms with Crippen LogP contribution in [0.2, 0.25) is 0 Å². The third kappa shape index (κ3) is 5.19. The molecule has 0 amide bonds. The van der Waals surface area contributed by atoms with Crippen LogP contribution in [0.15, 0.2) is 203 Å². The molecule has 0 unspecified atom stereocenters. The smallest absolute Gasteiger partial charge is 0.228 e. The predicted octanol–water partition coefficient (Wildman–Crippen LogP) is 14.5. The molecule has 0 aliphatic heterocycles. The minimum absolute atomic E-state index is 0.574. The Hall–Kier alpha value is -7.43. The van der Waals surface area contributed by atoms with Gasteiger partial charge in [0.1, 0.15) is 16.7 Å². The number of para-hydroxylation sites is 2. The predicted molar refractivity (Wildman–Crippen MR) is 227 cm³/mol. The van der Waals surface area contributed by atoms with E-state index in [1.54, 1.807) is 0 Å². The Balaban J connectivity index is 1.03. The van der Waals surface area contributed by atoms with Gasteiger partial charge in [0.25, 0.3) is 0 Å². The van der Waals surface area contributed by atoms with Crippen LogP contribution in [0.25, 0.3) is 88.3 Å². The zero-order chi connectivity index (χ0) is 36.3. The summed E-state index contributed by atoms with van der Waals surface area (Å²) >= 11 is 0. The molecule has 4 nitrogen and oxygen atoms in total. The highest BCUT2D eigenvalue weighted by atomic mass is 16.4. The molecule has 0 fully saturated rings. The van der Waals surface area contributed by atoms with Crippen LogP contribution in [-0.4, -0.2) is 4.98 Å². The number of furan rings is 1. The van der Waals surface area contributed by atoms with Crippen molar-refractivity contribution < 1.29 is 8.83 Å². The van der Waals surface area contributed by atoms with Gasteiger partial charge in [-0.2, -0.15) is 0 Å². The van der Waals surface area contributed by atoms with Gasteiger partial charge < -0.3 is 13.7 Å². The van der Waals surface area contributed by atoms with Gasteiger partial charge in [-0.15, -0.1) is 0 Å². The Morgan fingerprint density at radius 2 is 1.04 bits per heavy atom. The summed E-state index contributed by atoms with van der Waals surface area (Å²) in [6, 6.07) is 68.2. The fraction of sp³-hybridized carbons (Fsp3) is 0. The molecule has 0 saturated carbocycles. The lowest BCUT2D eigenvalue weighted by atomic mass is 9.97. The van der Waals surface area contributed by atoms with Crippen molar-refractivity contribution in [2.45, 2.75) is 0 Å². The van der Waals surface area contributed by atoms with Crippen LogP contribution in [0.1, 0.15) is 0 Å². The summed E-state index contributed by atoms with van der Waals surface area (Å²) in [5.74, 6) is 0.574. The Morgan fingerprint density at radius 1 is 0.400 bits per heavy atom. The number of nitrogens with zero attached hydrogens (tertiary/aromatic N) is 2. The number of hydrogen-bond acceptors (Lipinski definition) is 4. The van der Waals surface area contributed by atoms with E-state index in [4.69, 9.17) is 13.8 Å². The molecule has 0 bridgehead atoms. The van der Waals surface area contributed by atoms with E-state index in [1.807, 2.05) is 42.5 Å². The first-order valence-corrected chi connectivity index (χ1v) is 18.5. The van der Waals surface area contributed by atoms with Crippen LogP contribution in [0, 0.1) is 0 Å². The van der Waals surface area contributed by atoms with Crippen molar-refractivity contribution in [1.82, 2.24) is 4.98 Å². The van der Waals surface area contributed by atoms with Gasteiger partial charge >= 0.3 is 0 Å². The number of aromatic nitrogens is 1. The van der Waals surface area contributed by atoms with E-state index in [9.17, 15) is 0 Å². The first kappa shape index (κ1) is 31.1. The molecule has 2 aromatic heterocycles. The summed E-state index contributed by atoms with van der Waals surface area (Å²) in [7, 11) is 0. The number of rotatable bonds is 6. The van der Waals surface area contributed by atoms with Crippen LogP contribution < -0.4 is 4.90 Å². The molecule has 4 heteroatoms. The van der Waals surface area contributed by atoms with Gasteiger partial charge in [-0.3, -0.25) is 0 Å². The molecule has 258 valence electrons. The van der Waals surface area contributed by atoms with Crippen molar-refractivity contribution >= 4 is 71.6 Å². The normalized spacial score (nSPS) is 11.6. The second-order valence-corrected chi connectivity index (χ2v) is 13.9. The second-order valence-electron chi connectivity index (χ2n) is 13.9. The zero-order valence-corrected chi connectivity index (χ0v) is 29.7. The Labute approximate surface area is 317 Å². The molecule has 0 aliphatic carbocycles. The molecule has 0 atom stereocenters. The lowest BCUT2D eigenvalue weighted by molar-refractivity contribution is 0.621. The lowest BCUT2D eigenvalue weighted by Crippen LogP contribution is -2.10. The SMILES string of the molecule is c1cc(-c2cccc3ccccc23)cc(N(c2ccc(-c3cccc4nc(-c5cccc6oc7ccccc7c56)oc34)cc2)c2cccc3ccccc23)c1. The minimum Gasteiger partial charge on any atom is -0.456 e. The maximum atomic E-state index is 6.65. The monoisotopic (exact) mass is 704 g/mol. The van der Waals surface area contributed by atoms with Crippen molar-refractivity contribution in [2.75, 3.05) is 4.90 Å². The molecular weight excluding hydrogens is 673 g/mol. The van der Waals surface area contributed by atoms with Crippen molar-refractivity contribution in [1.29, 1.82) is 0 Å². The third-order valence-electron chi connectivity index (χ3n) is 10.7. The van der Waals surface area contributed by atoms with Gasteiger partial charge in [-0.1, -0.05) is 140 Å². The van der Waals surface area contributed by atoms with Gasteiger partial charge in [-0.25, -0.2) is 4.98 Å². The fourth-order valence-electron chi connectivity index (χ4n) is 8.15. The van der Waals surface area contributed by atoms with E-state index in [-0.39, 0.29) is 0 Å². The largest absolute Gasteiger partial charge is 0.456 e. The van der Waals surface area contributed by atoms with Crippen LogP contribution in [0.3, 0.4) is 0 Å². The summed E-state index contributed by atoms with van der Waals surface area (Å²) < 4.78 is 12.8. The molecule has 55 heavy (non-hydrogen) atoms. The summed E-state index contributed by atoms with van der Waals surface area (Å²) in [4.78, 5) is 7.36. The van der Waals surface area contributed by atoms with Gasteiger partial charge in [0.15, 0.2) is 5.58 Å². The topological polar surface area (TPSA) is 42.4 Å². The number of anilines is 3. The van der Waals surface area contributed by atoms with E-state index >= 15 is 0 Å². The maximum absolute atomic E-state index is 6.65. The summed E-state index contributed by atoms with van der Waals surface area (Å²) in [5.41, 5.74) is 11.8. The van der Waals surface area contributed by atoms with E-state index in [0.29, 0.717) is 5.89 Å². The Bertz CT molecular complexity index is 3220. The molecule has 11 rings (SSSR count). The van der Waals surface area contributed by atoms with Crippen LogP contribution >= 0.6 is 0 Å². The molecule has 2 heterocycles. The van der Waals surface area contributed by atoms with Gasteiger partial charge in [0, 0.05) is 38.7 Å². The molecule has 0 saturated heterocycles. The number of fused-ring (bicyclic) bond motifs is 6. The van der Waals surface area contributed by atoms with E-state index in [1.165, 1.54) is 32.7 Å². The lowest BCUT2D eigenvalue weighted by Gasteiger charge is -2.27. The summed E-state index contributed by atoms with van der Waals surface area (Å²) in [6.07, 6.45) is 0. The van der Waals surface area contributed by atoms with E-state index < -0.39 is 0 Å². The van der Waals surface area contributed by atoms with E-state index in [2.05, 4.69) is 157 Å². The highest BCUT2D eigenvalue weighted by Crippen LogP contribution is 2.43. The molecule has 0 radical (unpaired) electrons. The van der Waals surface area contributed by atoms with Crippen molar-refractivity contribution in [3.8, 4) is 33.7 Å². The molecule has 9 aromatic carbocycles. The molecule has 11 aromatic rings. The summed E-state index contributed by atoms with van der Waals surface area (Å²) in [6.45, 7) is 0. The van der Waals surface area contributed by atoms with E-state index in [0.717, 1.165) is 66.8 Å². The highest BCUT2D eigenvalue weighted by molar-refractivity contribution is 6.12. The maximum Gasteiger partial charge on any atom is 0.228 e.